The van der Waals surface area contributed by atoms with Gasteiger partial charge in [-0.05, 0) is 38.8 Å². The second kappa shape index (κ2) is 8.28. The van der Waals surface area contributed by atoms with Gasteiger partial charge >= 0.3 is 0 Å². The van der Waals surface area contributed by atoms with Crippen molar-refractivity contribution < 1.29 is 14.1 Å². The molecule has 2 aromatic heterocycles. The molecule has 3 heterocycles. The van der Waals surface area contributed by atoms with Crippen LogP contribution in [0.1, 0.15) is 37.4 Å². The number of nitrogens with zero attached hydrogens (tertiary/aromatic N) is 3. The molecule has 8 nitrogen and oxygen atoms in total. The molecule has 3 aromatic rings. The lowest BCUT2D eigenvalue weighted by Crippen LogP contribution is -2.33. The first-order valence-electron chi connectivity index (χ1n) is 9.61. The predicted molar refractivity (Wildman–Crippen MR) is 112 cm³/mol. The van der Waals surface area contributed by atoms with Gasteiger partial charge in [-0.25, -0.2) is 4.98 Å². The van der Waals surface area contributed by atoms with E-state index in [4.69, 9.17) is 4.52 Å². The van der Waals surface area contributed by atoms with Crippen LogP contribution in [-0.4, -0.2) is 49.4 Å². The van der Waals surface area contributed by atoms with Gasteiger partial charge in [-0.15, -0.1) is 11.8 Å². The van der Waals surface area contributed by atoms with E-state index in [1.165, 1.54) is 11.8 Å². The van der Waals surface area contributed by atoms with Gasteiger partial charge in [0.2, 0.25) is 11.8 Å². The summed E-state index contributed by atoms with van der Waals surface area (Å²) >= 11 is 1.32. The van der Waals surface area contributed by atoms with Crippen LogP contribution in [0, 0.1) is 6.92 Å². The van der Waals surface area contributed by atoms with Crippen molar-refractivity contribution in [1.82, 2.24) is 20.0 Å². The Balaban J connectivity index is 1.35. The van der Waals surface area contributed by atoms with Crippen molar-refractivity contribution >= 4 is 40.4 Å². The summed E-state index contributed by atoms with van der Waals surface area (Å²) in [6.45, 7) is 4.24. The van der Waals surface area contributed by atoms with Gasteiger partial charge in [-0.3, -0.25) is 9.59 Å². The Kier molecular flexibility index (Phi) is 5.57. The van der Waals surface area contributed by atoms with Crippen molar-refractivity contribution in [1.29, 1.82) is 0 Å². The van der Waals surface area contributed by atoms with Gasteiger partial charge in [0.25, 0.3) is 0 Å². The molecule has 2 amide bonds. The quantitative estimate of drug-likeness (QED) is 0.643. The van der Waals surface area contributed by atoms with Gasteiger partial charge in [0.05, 0.1) is 28.1 Å². The summed E-state index contributed by atoms with van der Waals surface area (Å²) in [7, 11) is 0. The fraction of sp³-hybridized carbons (Fsp3) is 0.400. The van der Waals surface area contributed by atoms with Gasteiger partial charge in [0.1, 0.15) is 11.6 Å². The topological polar surface area (TPSA) is 104 Å². The average Bonchev–Trinajstić information content (AvgIpc) is 3.44. The van der Waals surface area contributed by atoms with E-state index in [-0.39, 0.29) is 28.9 Å². The van der Waals surface area contributed by atoms with E-state index in [1.54, 1.807) is 19.9 Å². The molecule has 0 radical (unpaired) electrons. The number of para-hydroxylation sites is 2. The number of amides is 2. The zero-order valence-corrected chi connectivity index (χ0v) is 17.2. The fourth-order valence-corrected chi connectivity index (χ4v) is 4.26. The number of carbonyl (C=O) groups is 2. The minimum Gasteiger partial charge on any atom is -0.360 e. The molecular weight excluding hydrogens is 390 g/mol. The normalized spacial score (nSPS) is 17.6. The average molecular weight is 414 g/mol. The number of likely N-dealkylation sites (tertiary alicyclic amines) is 1. The zero-order valence-electron chi connectivity index (χ0n) is 16.3. The van der Waals surface area contributed by atoms with E-state index < -0.39 is 0 Å². The Bertz CT molecular complexity index is 997. The van der Waals surface area contributed by atoms with Gasteiger partial charge in [0, 0.05) is 12.6 Å². The Morgan fingerprint density at radius 3 is 3.00 bits per heavy atom. The van der Waals surface area contributed by atoms with Crippen molar-refractivity contribution in [3.63, 3.8) is 0 Å². The van der Waals surface area contributed by atoms with E-state index in [0.717, 1.165) is 29.7 Å². The highest BCUT2D eigenvalue weighted by Gasteiger charge is 2.32. The monoisotopic (exact) mass is 413 g/mol. The molecule has 0 aliphatic carbocycles. The van der Waals surface area contributed by atoms with E-state index in [1.807, 2.05) is 29.2 Å². The number of imidazole rings is 1. The maximum atomic E-state index is 12.8. The summed E-state index contributed by atoms with van der Waals surface area (Å²) in [5.41, 5.74) is 1.88. The number of H-pyrrole nitrogens is 1. The number of fused-ring (bicyclic) bond motifs is 1. The molecule has 0 saturated carbocycles. The second-order valence-electron chi connectivity index (χ2n) is 7.15. The predicted octanol–water partition coefficient (Wildman–Crippen LogP) is 3.28. The molecule has 1 aliphatic heterocycles. The lowest BCUT2D eigenvalue weighted by molar-refractivity contribution is -0.129. The SMILES string of the molecule is Cc1cc(NC(=O)C(C)SCC(=O)N2CCCC2c2nc3ccccc3[nH]2)no1. The summed E-state index contributed by atoms with van der Waals surface area (Å²) in [4.78, 5) is 35.0. The first-order valence-corrected chi connectivity index (χ1v) is 10.7. The number of thioether (sulfide) groups is 1. The summed E-state index contributed by atoms with van der Waals surface area (Å²) in [5, 5.41) is 6.07. The van der Waals surface area contributed by atoms with Crippen molar-refractivity contribution in [2.24, 2.45) is 0 Å². The third-order valence-corrected chi connectivity index (χ3v) is 6.13. The molecule has 9 heteroatoms. The number of nitrogens with one attached hydrogen (secondary N) is 2. The van der Waals surface area contributed by atoms with Crippen LogP contribution >= 0.6 is 11.8 Å². The molecule has 1 aliphatic rings. The number of benzene rings is 1. The van der Waals surface area contributed by atoms with Crippen LogP contribution in [0.15, 0.2) is 34.9 Å². The highest BCUT2D eigenvalue weighted by atomic mass is 32.2. The van der Waals surface area contributed by atoms with E-state index >= 15 is 0 Å². The first kappa shape index (κ1) is 19.5. The molecule has 2 N–H and O–H groups in total. The molecule has 1 fully saturated rings. The molecule has 4 rings (SSSR count). The Morgan fingerprint density at radius 1 is 1.41 bits per heavy atom. The molecule has 1 saturated heterocycles. The number of aromatic amines is 1. The highest BCUT2D eigenvalue weighted by molar-refractivity contribution is 8.01. The molecular formula is C20H23N5O3S. The smallest absolute Gasteiger partial charge is 0.238 e. The van der Waals surface area contributed by atoms with Crippen molar-refractivity contribution in [2.75, 3.05) is 17.6 Å². The van der Waals surface area contributed by atoms with Gasteiger partial charge in [-0.1, -0.05) is 17.3 Å². The highest BCUT2D eigenvalue weighted by Crippen LogP contribution is 2.32. The Morgan fingerprint density at radius 2 is 2.24 bits per heavy atom. The number of aromatic nitrogens is 3. The molecule has 1 aromatic carbocycles. The van der Waals surface area contributed by atoms with E-state index in [0.29, 0.717) is 18.1 Å². The Labute approximate surface area is 172 Å². The van der Waals surface area contributed by atoms with E-state index in [9.17, 15) is 9.59 Å². The van der Waals surface area contributed by atoms with E-state index in [2.05, 4.69) is 20.4 Å². The van der Waals surface area contributed by atoms with Gasteiger partial charge in [-0.2, -0.15) is 0 Å². The standard InChI is InChI=1S/C20H23N5O3S/c1-12-10-17(24-28-12)23-20(27)13(2)29-11-18(26)25-9-5-8-16(25)19-21-14-6-3-4-7-15(14)22-19/h3-4,6-7,10,13,16H,5,8-9,11H2,1-2H3,(H,21,22)(H,23,24,27). The molecule has 152 valence electrons. The summed E-state index contributed by atoms with van der Waals surface area (Å²) in [6.07, 6.45) is 1.83. The van der Waals surface area contributed by atoms with Crippen molar-refractivity contribution in [2.45, 2.75) is 38.0 Å². The maximum absolute atomic E-state index is 12.8. The van der Waals surface area contributed by atoms with Gasteiger partial charge in [0.15, 0.2) is 5.82 Å². The molecule has 2 atom stereocenters. The van der Waals surface area contributed by atoms with Crippen LogP contribution in [-0.2, 0) is 9.59 Å². The molecule has 29 heavy (non-hydrogen) atoms. The van der Waals surface area contributed by atoms with Crippen LogP contribution in [0.3, 0.4) is 0 Å². The first-order chi connectivity index (χ1) is 14.0. The number of rotatable bonds is 6. The van der Waals surface area contributed by atoms with Crippen molar-refractivity contribution in [3.8, 4) is 0 Å². The van der Waals surface area contributed by atoms with Crippen LogP contribution in [0.4, 0.5) is 5.82 Å². The van der Waals surface area contributed by atoms with Crippen LogP contribution < -0.4 is 5.32 Å². The minimum atomic E-state index is -0.386. The number of hydrogen-bond acceptors (Lipinski definition) is 6. The van der Waals surface area contributed by atoms with Crippen LogP contribution in [0.2, 0.25) is 0 Å². The molecule has 0 spiro atoms. The maximum Gasteiger partial charge on any atom is 0.238 e. The minimum absolute atomic E-state index is 0.0230. The second-order valence-corrected chi connectivity index (χ2v) is 8.48. The lowest BCUT2D eigenvalue weighted by Gasteiger charge is -2.23. The summed E-state index contributed by atoms with van der Waals surface area (Å²) in [6, 6.07) is 9.47. The number of carbonyl (C=O) groups excluding carboxylic acids is 2. The molecule has 0 bridgehead atoms. The fourth-order valence-electron chi connectivity index (χ4n) is 3.49. The zero-order chi connectivity index (χ0) is 20.4. The summed E-state index contributed by atoms with van der Waals surface area (Å²) in [5.74, 6) is 1.90. The number of aryl methyl sites for hydroxylation is 1. The van der Waals surface area contributed by atoms with Crippen molar-refractivity contribution in [3.05, 3.63) is 41.9 Å². The van der Waals surface area contributed by atoms with Crippen LogP contribution in [0.5, 0.6) is 0 Å². The van der Waals surface area contributed by atoms with Gasteiger partial charge < -0.3 is 19.7 Å². The van der Waals surface area contributed by atoms with Crippen LogP contribution in [0.25, 0.3) is 11.0 Å². The lowest BCUT2D eigenvalue weighted by atomic mass is 10.2. The number of anilines is 1. The third-order valence-electron chi connectivity index (χ3n) is 5.00. The largest absolute Gasteiger partial charge is 0.360 e. The summed E-state index contributed by atoms with van der Waals surface area (Å²) < 4.78 is 4.95. The third kappa shape index (κ3) is 4.29. The number of hydrogen-bond donors (Lipinski definition) is 2. The Hall–Kier alpha value is -2.81. The molecule has 2 unspecified atom stereocenters.